The summed E-state index contributed by atoms with van der Waals surface area (Å²) in [5.74, 6) is 0.294. The van der Waals surface area contributed by atoms with E-state index >= 15 is 0 Å². The molecule has 4 heterocycles. The summed E-state index contributed by atoms with van der Waals surface area (Å²) >= 11 is 0. The lowest BCUT2D eigenvalue weighted by Crippen LogP contribution is -2.34. The molecule has 4 N–H and O–H groups in total. The van der Waals surface area contributed by atoms with Gasteiger partial charge in [0.15, 0.2) is 11.5 Å². The highest BCUT2D eigenvalue weighted by Gasteiger charge is 2.39. The van der Waals surface area contributed by atoms with Crippen LogP contribution in [0.5, 0.6) is 0 Å². The fraction of sp³-hybridized carbons (Fsp3) is 0.393. The van der Waals surface area contributed by atoms with Gasteiger partial charge in [0.1, 0.15) is 5.56 Å². The van der Waals surface area contributed by atoms with Crippen molar-refractivity contribution in [3.8, 4) is 11.3 Å². The molecule has 3 aromatic heterocycles. The van der Waals surface area contributed by atoms with E-state index in [-0.39, 0.29) is 29.9 Å². The van der Waals surface area contributed by atoms with Crippen molar-refractivity contribution in [2.24, 2.45) is 5.92 Å². The van der Waals surface area contributed by atoms with Crippen molar-refractivity contribution >= 4 is 29.0 Å². The maximum absolute atomic E-state index is 13.2. The summed E-state index contributed by atoms with van der Waals surface area (Å²) in [5, 5.41) is 21.3. The number of carbonyl (C=O) groups is 2. The molecular weight excluding hydrogens is 496 g/mol. The Morgan fingerprint density at radius 1 is 1.31 bits per heavy atom. The second-order valence-electron chi connectivity index (χ2n) is 11.4. The number of nitrogen functional groups attached to an aromatic ring is 1. The first-order chi connectivity index (χ1) is 18.5. The molecule has 2 amide bonds. The van der Waals surface area contributed by atoms with Crippen LogP contribution in [0.4, 0.5) is 11.5 Å². The number of hydrogen-bond acceptors (Lipinski definition) is 7. The van der Waals surface area contributed by atoms with Gasteiger partial charge in [0.25, 0.3) is 11.8 Å². The topological polar surface area (TPSA) is 144 Å². The maximum atomic E-state index is 13.2. The number of fused-ring (bicyclic) bond motifs is 2. The van der Waals surface area contributed by atoms with Crippen molar-refractivity contribution in [1.29, 1.82) is 0 Å². The number of benzene rings is 1. The van der Waals surface area contributed by atoms with Crippen molar-refractivity contribution in [2.75, 3.05) is 11.1 Å². The van der Waals surface area contributed by atoms with Gasteiger partial charge in [0.2, 0.25) is 0 Å². The van der Waals surface area contributed by atoms with E-state index in [0.717, 1.165) is 22.3 Å². The summed E-state index contributed by atoms with van der Waals surface area (Å²) in [6, 6.07) is 6.05. The molecule has 1 unspecified atom stereocenters. The van der Waals surface area contributed by atoms with Gasteiger partial charge in [-0.05, 0) is 75.8 Å². The van der Waals surface area contributed by atoms with Crippen molar-refractivity contribution in [1.82, 2.24) is 29.3 Å². The predicted octanol–water partition coefficient (Wildman–Crippen LogP) is 3.26. The van der Waals surface area contributed by atoms with Gasteiger partial charge >= 0.3 is 0 Å². The minimum atomic E-state index is -0.947. The lowest BCUT2D eigenvalue weighted by molar-refractivity contribution is 0.0577. The fourth-order valence-corrected chi connectivity index (χ4v) is 5.43. The Morgan fingerprint density at radius 3 is 2.79 bits per heavy atom. The molecule has 0 bridgehead atoms. The average molecular weight is 529 g/mol. The second kappa shape index (κ2) is 8.91. The molecule has 1 aliphatic carbocycles. The smallest absolute Gasteiger partial charge is 0.263 e. The van der Waals surface area contributed by atoms with E-state index in [0.29, 0.717) is 29.5 Å². The number of aromatic nitrogens is 5. The number of nitrogens with one attached hydrogen (secondary N) is 1. The first-order valence-electron chi connectivity index (χ1n) is 13.1. The number of nitrogens with two attached hydrogens (primary N) is 1. The molecule has 1 atom stereocenters. The highest BCUT2D eigenvalue weighted by atomic mass is 16.3. The first-order valence-corrected chi connectivity index (χ1v) is 13.1. The SMILES string of the molecule is Cc1cc(-c2ccn3nc(N)c(C(=O)Nc4cnn(CC(C)(C)O)c4)c3n2)cc2c1C(=O)N(C(C)C1CC1)C2. The first kappa shape index (κ1) is 25.1. The van der Waals surface area contributed by atoms with Crippen molar-refractivity contribution < 1.29 is 14.7 Å². The van der Waals surface area contributed by atoms with E-state index in [1.807, 2.05) is 30.0 Å². The Bertz CT molecular complexity index is 1630. The van der Waals surface area contributed by atoms with E-state index in [2.05, 4.69) is 22.4 Å². The largest absolute Gasteiger partial charge is 0.389 e. The number of carbonyl (C=O) groups excluding carboxylic acids is 2. The third kappa shape index (κ3) is 4.63. The van der Waals surface area contributed by atoms with Crippen LogP contribution in [-0.2, 0) is 13.1 Å². The summed E-state index contributed by atoms with van der Waals surface area (Å²) in [6.07, 6.45) is 7.23. The average Bonchev–Trinajstić information content (AvgIpc) is 3.41. The number of aryl methyl sites for hydroxylation is 1. The Balaban J connectivity index is 1.30. The normalized spacial score (nSPS) is 16.1. The molecule has 0 spiro atoms. The van der Waals surface area contributed by atoms with E-state index in [1.54, 1.807) is 30.9 Å². The number of nitrogens with zero attached hydrogens (tertiary/aromatic N) is 6. The minimum Gasteiger partial charge on any atom is -0.389 e. The van der Waals surface area contributed by atoms with Crippen LogP contribution in [0.25, 0.3) is 16.9 Å². The molecule has 0 saturated heterocycles. The van der Waals surface area contributed by atoms with Gasteiger partial charge in [0, 0.05) is 36.1 Å². The number of aliphatic hydroxyl groups is 1. The standard InChI is InChI=1S/C28H32N8O3/c1-15-9-18(10-19-12-35(27(38)22(15)19)16(2)17-5-6-17)21-7-8-36-25(32-21)23(24(29)33-36)26(37)31-20-11-30-34(13-20)14-28(3,4)39/h7-11,13,16-17,39H,5-6,12,14H2,1-4H3,(H2,29,33)(H,31,37). The number of amides is 2. The molecule has 202 valence electrons. The lowest BCUT2D eigenvalue weighted by Gasteiger charge is -2.24. The summed E-state index contributed by atoms with van der Waals surface area (Å²) in [4.78, 5) is 33.2. The fourth-order valence-electron chi connectivity index (χ4n) is 5.43. The van der Waals surface area contributed by atoms with Crippen LogP contribution >= 0.6 is 0 Å². The molecule has 11 nitrogen and oxygen atoms in total. The Kier molecular flexibility index (Phi) is 5.72. The number of rotatable bonds is 7. The van der Waals surface area contributed by atoms with Crippen LogP contribution < -0.4 is 11.1 Å². The molecule has 1 aliphatic heterocycles. The Hall–Kier alpha value is -4.25. The van der Waals surface area contributed by atoms with E-state index in [9.17, 15) is 14.7 Å². The summed E-state index contributed by atoms with van der Waals surface area (Å²) in [5.41, 5.74) is 10.3. The third-order valence-corrected chi connectivity index (χ3v) is 7.50. The summed E-state index contributed by atoms with van der Waals surface area (Å²) < 4.78 is 3.03. The van der Waals surface area contributed by atoms with Crippen LogP contribution in [0, 0.1) is 12.8 Å². The molecular formula is C28H32N8O3. The van der Waals surface area contributed by atoms with Crippen molar-refractivity contribution in [3.63, 3.8) is 0 Å². The van der Waals surface area contributed by atoms with E-state index in [1.165, 1.54) is 23.6 Å². The molecule has 2 aliphatic rings. The highest BCUT2D eigenvalue weighted by molar-refractivity contribution is 6.11. The lowest BCUT2D eigenvalue weighted by atomic mass is 9.98. The molecule has 1 saturated carbocycles. The van der Waals surface area contributed by atoms with Gasteiger partial charge in [-0.25, -0.2) is 9.50 Å². The summed E-state index contributed by atoms with van der Waals surface area (Å²) in [7, 11) is 0. The number of anilines is 2. The molecule has 1 fully saturated rings. The van der Waals surface area contributed by atoms with Crippen LogP contribution in [0.15, 0.2) is 36.8 Å². The molecule has 11 heteroatoms. The van der Waals surface area contributed by atoms with Crippen molar-refractivity contribution in [2.45, 2.75) is 65.3 Å². The molecule has 6 rings (SSSR count). The van der Waals surface area contributed by atoms with Gasteiger partial charge in [-0.1, -0.05) is 0 Å². The zero-order valence-electron chi connectivity index (χ0n) is 22.5. The Morgan fingerprint density at radius 2 is 2.08 bits per heavy atom. The molecule has 0 radical (unpaired) electrons. The van der Waals surface area contributed by atoms with Gasteiger partial charge in [-0.2, -0.15) is 5.10 Å². The van der Waals surface area contributed by atoms with E-state index < -0.39 is 11.5 Å². The minimum absolute atomic E-state index is 0.0569. The quantitative estimate of drug-likeness (QED) is 0.334. The molecule has 4 aromatic rings. The van der Waals surface area contributed by atoms with Gasteiger partial charge in [0.05, 0.1) is 29.7 Å². The second-order valence-corrected chi connectivity index (χ2v) is 11.4. The van der Waals surface area contributed by atoms with E-state index in [4.69, 9.17) is 10.7 Å². The van der Waals surface area contributed by atoms with Gasteiger partial charge < -0.3 is 21.1 Å². The summed E-state index contributed by atoms with van der Waals surface area (Å²) in [6.45, 7) is 8.33. The third-order valence-electron chi connectivity index (χ3n) is 7.50. The van der Waals surface area contributed by atoms with Crippen LogP contribution in [0.3, 0.4) is 0 Å². The van der Waals surface area contributed by atoms with Crippen molar-refractivity contribution in [3.05, 3.63) is 59.0 Å². The zero-order chi connectivity index (χ0) is 27.6. The zero-order valence-corrected chi connectivity index (χ0v) is 22.5. The van der Waals surface area contributed by atoms with Gasteiger partial charge in [-0.15, -0.1) is 5.10 Å². The highest BCUT2D eigenvalue weighted by Crippen LogP contribution is 2.39. The van der Waals surface area contributed by atoms with Crippen LogP contribution in [-0.4, -0.2) is 57.8 Å². The number of hydrogen-bond donors (Lipinski definition) is 3. The molecule has 1 aromatic carbocycles. The Labute approximate surface area is 225 Å². The van der Waals surface area contributed by atoms with Crippen LogP contribution in [0.1, 0.15) is 65.5 Å². The maximum Gasteiger partial charge on any atom is 0.263 e. The predicted molar refractivity (Wildman–Crippen MR) is 146 cm³/mol. The monoisotopic (exact) mass is 528 g/mol. The van der Waals surface area contributed by atoms with Gasteiger partial charge in [-0.3, -0.25) is 14.3 Å². The van der Waals surface area contributed by atoms with Crippen LogP contribution in [0.2, 0.25) is 0 Å². The molecule has 39 heavy (non-hydrogen) atoms.